The number of thiophene rings is 2. The van der Waals surface area contributed by atoms with Gasteiger partial charge >= 0.3 is 0 Å². The van der Waals surface area contributed by atoms with E-state index >= 15 is 0 Å². The largest absolute Gasteiger partial charge is 0.356 e. The smallest absolute Gasteiger partial charge is 0.219 e. The molecule has 0 bridgehead atoms. The Morgan fingerprint density at radius 3 is 2.32 bits per heavy atom. The van der Waals surface area contributed by atoms with Crippen LogP contribution < -0.4 is 5.32 Å². The molecule has 28 heavy (non-hydrogen) atoms. The minimum absolute atomic E-state index is 0.207. The second kappa shape index (κ2) is 14.8. The number of carbonyl (C=O) groups is 1. The minimum Gasteiger partial charge on any atom is -0.356 e. The summed E-state index contributed by atoms with van der Waals surface area (Å²) in [5, 5.41) is 3.04. The van der Waals surface area contributed by atoms with Gasteiger partial charge in [-0.25, -0.2) is 0 Å². The van der Waals surface area contributed by atoms with Crippen molar-refractivity contribution in [1.82, 2.24) is 5.32 Å². The molecule has 7 heteroatoms. The van der Waals surface area contributed by atoms with E-state index in [9.17, 15) is 4.79 Å². The van der Waals surface area contributed by atoms with Crippen molar-refractivity contribution >= 4 is 64.7 Å². The number of amides is 1. The monoisotopic (exact) mass is 473 g/mol. The first-order chi connectivity index (χ1) is 13.7. The van der Waals surface area contributed by atoms with Crippen LogP contribution in [-0.2, 0) is 4.79 Å². The Hall–Kier alpha value is -0.0800. The van der Waals surface area contributed by atoms with Gasteiger partial charge in [0.05, 0.1) is 8.42 Å². The highest BCUT2D eigenvalue weighted by Gasteiger charge is 2.06. The highest BCUT2D eigenvalue weighted by Crippen LogP contribution is 2.39. The maximum absolute atomic E-state index is 11.7. The summed E-state index contributed by atoms with van der Waals surface area (Å²) in [6.45, 7) is 0.825. The van der Waals surface area contributed by atoms with Gasteiger partial charge in [0.2, 0.25) is 5.91 Å². The van der Waals surface area contributed by atoms with Gasteiger partial charge in [0.25, 0.3) is 0 Å². The molecule has 0 spiro atoms. The molecule has 0 radical (unpaired) electrons. The lowest BCUT2D eigenvalue weighted by atomic mass is 10.2. The highest BCUT2D eigenvalue weighted by atomic mass is 32.2. The van der Waals surface area contributed by atoms with E-state index in [0.717, 1.165) is 38.0 Å². The maximum Gasteiger partial charge on any atom is 0.219 e. The molecule has 2 rings (SSSR count). The van der Waals surface area contributed by atoms with Crippen LogP contribution in [0.3, 0.4) is 0 Å². The Balaban J connectivity index is 1.48. The van der Waals surface area contributed by atoms with E-state index in [1.54, 1.807) is 0 Å². The van der Waals surface area contributed by atoms with Crippen molar-refractivity contribution < 1.29 is 4.79 Å². The summed E-state index contributed by atoms with van der Waals surface area (Å²) >= 11 is 11.8. The van der Waals surface area contributed by atoms with Crippen molar-refractivity contribution in [2.24, 2.45) is 0 Å². The van der Waals surface area contributed by atoms with Gasteiger partial charge in [-0.2, -0.15) is 12.6 Å². The van der Waals surface area contributed by atoms with E-state index in [0.29, 0.717) is 6.42 Å². The lowest BCUT2D eigenvalue weighted by molar-refractivity contribution is -0.121. The Bertz CT molecular complexity index is 682. The van der Waals surface area contributed by atoms with Crippen molar-refractivity contribution in [3.05, 3.63) is 24.3 Å². The number of carbonyl (C=O) groups excluding carboxylic acids is 1. The summed E-state index contributed by atoms with van der Waals surface area (Å²) in [4.78, 5) is 14.5. The molecule has 0 saturated heterocycles. The first-order valence-corrected chi connectivity index (χ1v) is 14.4. The molecule has 0 fully saturated rings. The van der Waals surface area contributed by atoms with Crippen molar-refractivity contribution in [1.29, 1.82) is 0 Å². The molecule has 1 amide bonds. The van der Waals surface area contributed by atoms with E-state index in [1.807, 2.05) is 46.2 Å². The molecular weight excluding hydrogens is 443 g/mol. The average Bonchev–Trinajstić information content (AvgIpc) is 3.36. The van der Waals surface area contributed by atoms with Gasteiger partial charge in [0.1, 0.15) is 0 Å². The zero-order valence-corrected chi connectivity index (χ0v) is 20.7. The second-order valence-electron chi connectivity index (χ2n) is 6.59. The third-order valence-electron chi connectivity index (χ3n) is 4.31. The summed E-state index contributed by atoms with van der Waals surface area (Å²) in [6.07, 6.45) is 10.8. The van der Waals surface area contributed by atoms with E-state index in [-0.39, 0.29) is 5.91 Å². The van der Waals surface area contributed by atoms with Crippen LogP contribution in [0.4, 0.5) is 0 Å². The molecule has 0 atom stereocenters. The fourth-order valence-corrected chi connectivity index (χ4v) is 6.80. The van der Waals surface area contributed by atoms with Crippen LogP contribution in [-0.4, -0.2) is 30.2 Å². The summed E-state index contributed by atoms with van der Waals surface area (Å²) in [5.74, 6) is 2.30. The predicted molar refractivity (Wildman–Crippen MR) is 134 cm³/mol. The molecule has 0 aliphatic carbocycles. The summed E-state index contributed by atoms with van der Waals surface area (Å²) in [6, 6.07) is 8.96. The topological polar surface area (TPSA) is 29.1 Å². The summed E-state index contributed by atoms with van der Waals surface area (Å²) in [7, 11) is 0. The Morgan fingerprint density at radius 1 is 0.929 bits per heavy atom. The Labute approximate surface area is 192 Å². The number of thioether (sulfide) groups is 2. The molecule has 0 unspecified atom stereocenters. The number of nitrogens with one attached hydrogen (secondary N) is 1. The second-order valence-corrected chi connectivity index (χ2v) is 11.7. The molecule has 2 nitrogen and oxygen atoms in total. The van der Waals surface area contributed by atoms with E-state index in [2.05, 4.69) is 48.5 Å². The van der Waals surface area contributed by atoms with Crippen LogP contribution in [0.2, 0.25) is 0 Å². The van der Waals surface area contributed by atoms with Gasteiger partial charge in [0.15, 0.2) is 0 Å². The maximum atomic E-state index is 11.7. The predicted octanol–water partition coefficient (Wildman–Crippen LogP) is 7.46. The van der Waals surface area contributed by atoms with Crippen LogP contribution in [0, 0.1) is 0 Å². The third kappa shape index (κ3) is 9.61. The van der Waals surface area contributed by atoms with Gasteiger partial charge in [0, 0.05) is 22.7 Å². The molecule has 2 aromatic rings. The van der Waals surface area contributed by atoms with Gasteiger partial charge in [-0.05, 0) is 67.7 Å². The molecular formula is C21H31NOS5. The van der Waals surface area contributed by atoms with E-state index < -0.39 is 0 Å². The lowest BCUT2D eigenvalue weighted by Gasteiger charge is -2.05. The molecule has 0 aliphatic heterocycles. The third-order valence-corrected chi connectivity index (χ3v) is 9.38. The Morgan fingerprint density at radius 2 is 1.61 bits per heavy atom. The van der Waals surface area contributed by atoms with Crippen molar-refractivity contribution in [2.45, 2.75) is 59.8 Å². The zero-order chi connectivity index (χ0) is 20.0. The van der Waals surface area contributed by atoms with Crippen LogP contribution in [0.15, 0.2) is 32.7 Å². The molecule has 0 aliphatic rings. The summed E-state index contributed by atoms with van der Waals surface area (Å²) in [5.41, 5.74) is 0. The van der Waals surface area contributed by atoms with Crippen LogP contribution >= 0.6 is 58.8 Å². The quantitative estimate of drug-likeness (QED) is 0.160. The number of hydrogen-bond acceptors (Lipinski definition) is 6. The molecule has 2 aromatic heterocycles. The standard InChI is InChI=1S/C21H31NOS5/c1-25-20-12-10-17(27-20)18-11-13-21(28-18)26-16-8-3-2-6-14-22-19(23)9-5-4-7-15-24/h10-13,24H,2-9,14-16H2,1H3,(H,22,23). The summed E-state index contributed by atoms with van der Waals surface area (Å²) < 4.78 is 2.79. The number of unbranched alkanes of at least 4 members (excludes halogenated alkanes) is 5. The normalized spacial score (nSPS) is 11.1. The molecule has 0 saturated carbocycles. The molecule has 156 valence electrons. The molecule has 2 heterocycles. The first kappa shape index (κ1) is 24.2. The van der Waals surface area contributed by atoms with Crippen LogP contribution in [0.1, 0.15) is 51.4 Å². The van der Waals surface area contributed by atoms with Crippen molar-refractivity contribution in [3.63, 3.8) is 0 Å². The van der Waals surface area contributed by atoms with Gasteiger partial charge in [-0.3, -0.25) is 4.79 Å². The molecule has 0 aromatic carbocycles. The van der Waals surface area contributed by atoms with E-state index in [4.69, 9.17) is 0 Å². The fourth-order valence-electron chi connectivity index (χ4n) is 2.74. The van der Waals surface area contributed by atoms with Crippen LogP contribution in [0.5, 0.6) is 0 Å². The van der Waals surface area contributed by atoms with Gasteiger partial charge < -0.3 is 5.32 Å². The van der Waals surface area contributed by atoms with Crippen LogP contribution in [0.25, 0.3) is 9.75 Å². The fraction of sp³-hybridized carbons (Fsp3) is 0.571. The average molecular weight is 474 g/mol. The van der Waals surface area contributed by atoms with Crippen molar-refractivity contribution in [2.75, 3.05) is 24.3 Å². The SMILES string of the molecule is CSc1ccc(-c2ccc(SCCCCCCNC(=O)CCCCCS)s2)s1. The molecule has 1 N–H and O–H groups in total. The number of thiol groups is 1. The van der Waals surface area contributed by atoms with Gasteiger partial charge in [-0.1, -0.05) is 19.3 Å². The zero-order valence-electron chi connectivity index (χ0n) is 16.6. The minimum atomic E-state index is 0.207. The van der Waals surface area contributed by atoms with Gasteiger partial charge in [-0.15, -0.1) is 46.2 Å². The highest BCUT2D eigenvalue weighted by molar-refractivity contribution is 8.01. The first-order valence-electron chi connectivity index (χ1n) is 9.97. The number of rotatable bonds is 15. The Kier molecular flexibility index (Phi) is 12.8. The van der Waals surface area contributed by atoms with E-state index in [1.165, 1.54) is 43.2 Å². The number of hydrogen-bond donors (Lipinski definition) is 2. The van der Waals surface area contributed by atoms with Crippen molar-refractivity contribution in [3.8, 4) is 9.75 Å². The lowest BCUT2D eigenvalue weighted by Crippen LogP contribution is -2.23.